The van der Waals surface area contributed by atoms with Crippen molar-refractivity contribution in [2.75, 3.05) is 31.1 Å². The fourth-order valence-corrected chi connectivity index (χ4v) is 5.19. The average Bonchev–Trinajstić information content (AvgIpc) is 3.22. The number of nitrogens with zero attached hydrogens (tertiary/aromatic N) is 6. The summed E-state index contributed by atoms with van der Waals surface area (Å²) in [6.07, 6.45) is 9.63. The van der Waals surface area contributed by atoms with Crippen LogP contribution in [0.1, 0.15) is 48.0 Å². The molecule has 2 fully saturated rings. The van der Waals surface area contributed by atoms with E-state index in [1.165, 1.54) is 16.9 Å². The van der Waals surface area contributed by atoms with Crippen molar-refractivity contribution < 1.29 is 9.90 Å². The Kier molecular flexibility index (Phi) is 5.74. The van der Waals surface area contributed by atoms with Gasteiger partial charge in [0.1, 0.15) is 5.82 Å². The predicted octanol–water partition coefficient (Wildman–Crippen LogP) is 4.42. The van der Waals surface area contributed by atoms with Crippen LogP contribution in [0.3, 0.4) is 0 Å². The largest absolute Gasteiger partial charge is 0.464 e. The number of fused-ring (bicyclic) bond motifs is 1. The first kappa shape index (κ1) is 21.9. The van der Waals surface area contributed by atoms with E-state index in [9.17, 15) is 9.90 Å². The molecule has 0 atom stereocenters. The molecule has 1 saturated carbocycles. The third kappa shape index (κ3) is 4.30. The lowest BCUT2D eigenvalue weighted by Crippen LogP contribution is -2.46. The second kappa shape index (κ2) is 9.19. The van der Waals surface area contributed by atoms with Gasteiger partial charge in [-0.1, -0.05) is 48.9 Å². The van der Waals surface area contributed by atoms with Crippen molar-refractivity contribution in [3.8, 4) is 0 Å². The summed E-state index contributed by atoms with van der Waals surface area (Å²) in [6, 6.07) is 14.8. The number of benzene rings is 1. The van der Waals surface area contributed by atoms with E-state index in [-0.39, 0.29) is 5.92 Å². The number of aromatic nitrogens is 3. The van der Waals surface area contributed by atoms with Crippen molar-refractivity contribution in [1.82, 2.24) is 24.4 Å². The fourth-order valence-electron chi connectivity index (χ4n) is 5.19. The second-order valence-corrected chi connectivity index (χ2v) is 9.62. The van der Waals surface area contributed by atoms with E-state index >= 15 is 0 Å². The molecule has 1 amide bonds. The molecule has 2 aliphatic heterocycles. The van der Waals surface area contributed by atoms with Crippen LogP contribution in [0.5, 0.6) is 0 Å². The highest BCUT2D eigenvalue weighted by Crippen LogP contribution is 2.41. The topological polar surface area (TPSA) is 77.2 Å². The lowest BCUT2D eigenvalue weighted by atomic mass is 9.80. The lowest BCUT2D eigenvalue weighted by Gasteiger charge is -2.35. The monoisotopic (exact) mass is 470 g/mol. The third-order valence-corrected chi connectivity index (χ3v) is 7.41. The van der Waals surface area contributed by atoms with Gasteiger partial charge in [-0.05, 0) is 30.5 Å². The molecule has 0 spiro atoms. The molecule has 3 aliphatic rings. The molecule has 1 N–H and O–H groups in total. The van der Waals surface area contributed by atoms with Gasteiger partial charge in [0, 0.05) is 57.0 Å². The van der Waals surface area contributed by atoms with E-state index in [2.05, 4.69) is 52.3 Å². The van der Waals surface area contributed by atoms with Gasteiger partial charge in [-0.2, -0.15) is 0 Å². The summed E-state index contributed by atoms with van der Waals surface area (Å²) in [5.74, 6) is 1.37. The maximum Gasteiger partial charge on any atom is 0.415 e. The minimum absolute atomic E-state index is 0.0540. The highest BCUT2D eigenvalue weighted by Gasteiger charge is 2.30. The number of hydrogen-bond acceptors (Lipinski definition) is 5. The summed E-state index contributed by atoms with van der Waals surface area (Å²) in [5, 5.41) is 14.3. The Morgan fingerprint density at radius 1 is 0.971 bits per heavy atom. The number of hydrogen-bond donors (Lipinski definition) is 1. The van der Waals surface area contributed by atoms with Crippen molar-refractivity contribution in [3.63, 3.8) is 0 Å². The Balaban J connectivity index is 1.25. The zero-order chi connectivity index (χ0) is 23.8. The highest BCUT2D eigenvalue weighted by atomic mass is 16.4. The van der Waals surface area contributed by atoms with Crippen LogP contribution in [0.4, 0.5) is 10.6 Å². The van der Waals surface area contributed by atoms with Gasteiger partial charge in [0.05, 0.1) is 11.4 Å². The molecule has 2 aromatic heterocycles. The Hall–Kier alpha value is -3.65. The minimum Gasteiger partial charge on any atom is -0.464 e. The van der Waals surface area contributed by atoms with Gasteiger partial charge < -0.3 is 10.0 Å². The van der Waals surface area contributed by atoms with Gasteiger partial charge in [0.25, 0.3) is 0 Å². The van der Waals surface area contributed by atoms with Gasteiger partial charge in [-0.25, -0.2) is 14.3 Å². The second-order valence-electron chi connectivity index (χ2n) is 9.62. The van der Waals surface area contributed by atoms with E-state index in [0.717, 1.165) is 68.4 Å². The van der Waals surface area contributed by atoms with Crippen molar-refractivity contribution in [2.45, 2.75) is 37.6 Å². The number of carbonyl (C=O) groups is 1. The van der Waals surface area contributed by atoms with E-state index in [1.807, 2.05) is 16.7 Å². The van der Waals surface area contributed by atoms with Crippen molar-refractivity contribution in [3.05, 3.63) is 84.0 Å². The molecule has 1 aliphatic carbocycles. The summed E-state index contributed by atoms with van der Waals surface area (Å²) in [7, 11) is 0. The third-order valence-electron chi connectivity index (χ3n) is 7.41. The van der Waals surface area contributed by atoms with Gasteiger partial charge in [0.2, 0.25) is 0 Å². The first-order valence-electron chi connectivity index (χ1n) is 12.4. The highest BCUT2D eigenvalue weighted by molar-refractivity contribution is 5.68. The molecule has 6 rings (SSSR count). The smallest absolute Gasteiger partial charge is 0.415 e. The molecular formula is C27H30N6O2. The number of carboxylic acid groups (broad SMARTS) is 1. The predicted molar refractivity (Wildman–Crippen MR) is 134 cm³/mol. The molecule has 3 aromatic rings. The standard InChI is InChI=1S/C27H30N6O2/c34-27(35)32-13-11-22(12-14-32)26-25(21-7-4-8-21)28-23-9-10-24(29-33(23)26)31-17-15-30(16-18-31)19-20-5-2-1-3-6-20/h1-3,5-6,9-14,21-22H,4,7-8,15-19H2,(H,34,35). The number of rotatable bonds is 5. The molecule has 4 heterocycles. The number of anilines is 1. The maximum absolute atomic E-state index is 11.3. The van der Waals surface area contributed by atoms with Crippen LogP contribution in [0.25, 0.3) is 5.65 Å². The Bertz CT molecular complexity index is 1260. The molecule has 8 nitrogen and oxygen atoms in total. The molecule has 180 valence electrons. The number of allylic oxidation sites excluding steroid dienone is 2. The first-order chi connectivity index (χ1) is 17.2. The molecule has 1 saturated heterocycles. The lowest BCUT2D eigenvalue weighted by molar-refractivity contribution is 0.175. The summed E-state index contributed by atoms with van der Waals surface area (Å²) in [4.78, 5) is 22.3. The van der Waals surface area contributed by atoms with Gasteiger partial charge in [-0.3, -0.25) is 9.80 Å². The Morgan fingerprint density at radius 2 is 1.71 bits per heavy atom. The molecule has 0 bridgehead atoms. The van der Waals surface area contributed by atoms with Crippen molar-refractivity contribution in [1.29, 1.82) is 0 Å². The van der Waals surface area contributed by atoms with Crippen LogP contribution in [0.2, 0.25) is 0 Å². The van der Waals surface area contributed by atoms with E-state index in [4.69, 9.17) is 10.1 Å². The van der Waals surface area contributed by atoms with E-state index in [0.29, 0.717) is 5.92 Å². The Labute approximate surface area is 204 Å². The quantitative estimate of drug-likeness (QED) is 0.595. The fraction of sp³-hybridized carbons (Fsp3) is 0.370. The van der Waals surface area contributed by atoms with Crippen LogP contribution in [-0.2, 0) is 6.54 Å². The number of amides is 1. The van der Waals surface area contributed by atoms with Crippen LogP contribution >= 0.6 is 0 Å². The number of imidazole rings is 1. The van der Waals surface area contributed by atoms with Crippen LogP contribution in [0.15, 0.2) is 67.0 Å². The van der Waals surface area contributed by atoms with Crippen LogP contribution < -0.4 is 4.90 Å². The summed E-state index contributed by atoms with van der Waals surface area (Å²) in [5.41, 5.74) is 4.38. The number of piperazine rings is 1. The summed E-state index contributed by atoms with van der Waals surface area (Å²) < 4.78 is 2.00. The summed E-state index contributed by atoms with van der Waals surface area (Å²) >= 11 is 0. The van der Waals surface area contributed by atoms with Crippen LogP contribution in [-0.4, -0.2) is 61.8 Å². The zero-order valence-electron chi connectivity index (χ0n) is 19.7. The molecule has 0 radical (unpaired) electrons. The molecular weight excluding hydrogens is 440 g/mol. The van der Waals surface area contributed by atoms with Crippen molar-refractivity contribution in [2.24, 2.45) is 0 Å². The maximum atomic E-state index is 11.3. The van der Waals surface area contributed by atoms with E-state index in [1.54, 1.807) is 12.4 Å². The van der Waals surface area contributed by atoms with Gasteiger partial charge >= 0.3 is 6.09 Å². The average molecular weight is 471 g/mol. The van der Waals surface area contributed by atoms with Gasteiger partial charge in [-0.15, -0.1) is 5.10 Å². The Morgan fingerprint density at radius 3 is 2.37 bits per heavy atom. The van der Waals surface area contributed by atoms with Crippen molar-refractivity contribution >= 4 is 17.6 Å². The van der Waals surface area contributed by atoms with E-state index < -0.39 is 6.09 Å². The molecule has 8 heteroatoms. The molecule has 1 aromatic carbocycles. The molecule has 35 heavy (non-hydrogen) atoms. The van der Waals surface area contributed by atoms with Gasteiger partial charge in [0.15, 0.2) is 5.65 Å². The SMILES string of the molecule is O=C(O)N1C=CC(c2c(C3CCC3)nc3ccc(N4CCN(Cc5ccccc5)CC4)nn23)C=C1. The van der Waals surface area contributed by atoms with Crippen LogP contribution in [0, 0.1) is 0 Å². The summed E-state index contributed by atoms with van der Waals surface area (Å²) in [6.45, 7) is 4.84. The zero-order valence-corrected chi connectivity index (χ0v) is 19.7. The molecule has 0 unspecified atom stereocenters. The normalized spacial score (nSPS) is 19.4. The minimum atomic E-state index is -0.986. The first-order valence-corrected chi connectivity index (χ1v) is 12.4.